The Morgan fingerprint density at radius 3 is 2.41 bits per heavy atom. The number of hydrogen-bond donors (Lipinski definition) is 4. The van der Waals surface area contributed by atoms with Gasteiger partial charge in [0, 0.05) is 10.2 Å². The van der Waals surface area contributed by atoms with Gasteiger partial charge < -0.3 is 20.0 Å². The molecule has 1 heterocycles. The number of halogens is 2. The van der Waals surface area contributed by atoms with Crippen LogP contribution in [0.2, 0.25) is 5.02 Å². The molecule has 0 radical (unpaired) electrons. The van der Waals surface area contributed by atoms with Crippen molar-refractivity contribution in [2.75, 3.05) is 11.9 Å². The molecule has 4 N–H and O–H groups in total. The van der Waals surface area contributed by atoms with Gasteiger partial charge in [0.15, 0.2) is 5.78 Å². The van der Waals surface area contributed by atoms with E-state index < -0.39 is 7.82 Å². The standard InChI is InChI=1S/C8H5BrClNO.H3O4P/c9-4-1-2-5-7(8(4)10)6(12)3-11-5;1-5(2,3)4/h1-2,11H,3H2;(H3,1,2,3,4). The van der Waals surface area contributed by atoms with E-state index in [0.29, 0.717) is 17.1 Å². The summed E-state index contributed by atoms with van der Waals surface area (Å²) in [6.07, 6.45) is 0. The Labute approximate surface area is 110 Å². The normalized spacial score (nSPS) is 13.6. The molecule has 0 unspecified atom stereocenters. The molecule has 0 fully saturated rings. The molecular weight excluding hydrogens is 336 g/mol. The number of rotatable bonds is 0. The van der Waals surface area contributed by atoms with Crippen molar-refractivity contribution in [3.8, 4) is 0 Å². The topological polar surface area (TPSA) is 107 Å². The SMILES string of the molecule is O=C1CNc2ccc(Br)c(Cl)c21.O=P(O)(O)O. The first-order chi connectivity index (χ1) is 7.70. The summed E-state index contributed by atoms with van der Waals surface area (Å²) in [4.78, 5) is 32.8. The van der Waals surface area contributed by atoms with E-state index in [1.54, 1.807) is 0 Å². The fraction of sp³-hybridized carbons (Fsp3) is 0.125. The highest BCUT2D eigenvalue weighted by Crippen LogP contribution is 2.34. The first-order valence-electron chi connectivity index (χ1n) is 4.23. The third-order valence-corrected chi connectivity index (χ3v) is 3.09. The maximum atomic E-state index is 11.3. The van der Waals surface area contributed by atoms with E-state index in [-0.39, 0.29) is 5.78 Å². The Morgan fingerprint density at radius 1 is 1.35 bits per heavy atom. The summed E-state index contributed by atoms with van der Waals surface area (Å²) in [7, 11) is -4.64. The van der Waals surface area contributed by atoms with E-state index in [1.165, 1.54) is 0 Å². The fourth-order valence-electron chi connectivity index (χ4n) is 1.23. The smallest absolute Gasteiger partial charge is 0.377 e. The Bertz CT molecular complexity index is 495. The molecule has 1 aromatic carbocycles. The minimum Gasteiger partial charge on any atom is -0.377 e. The van der Waals surface area contributed by atoms with E-state index in [4.69, 9.17) is 30.8 Å². The first kappa shape index (κ1) is 14.6. The van der Waals surface area contributed by atoms with E-state index in [9.17, 15) is 4.79 Å². The van der Waals surface area contributed by atoms with Crippen LogP contribution in [-0.2, 0) is 4.57 Å². The fourth-order valence-corrected chi connectivity index (χ4v) is 1.84. The summed E-state index contributed by atoms with van der Waals surface area (Å²) in [5, 5.41) is 3.47. The molecule has 0 spiro atoms. The molecule has 17 heavy (non-hydrogen) atoms. The maximum absolute atomic E-state index is 11.3. The number of nitrogens with one attached hydrogen (secondary N) is 1. The van der Waals surface area contributed by atoms with Crippen LogP contribution in [0.15, 0.2) is 16.6 Å². The van der Waals surface area contributed by atoms with Crippen LogP contribution < -0.4 is 5.32 Å². The molecule has 0 saturated carbocycles. The lowest BCUT2D eigenvalue weighted by molar-refractivity contribution is 0.101. The lowest BCUT2D eigenvalue weighted by atomic mass is 10.1. The van der Waals surface area contributed by atoms with Crippen molar-refractivity contribution in [2.45, 2.75) is 0 Å². The van der Waals surface area contributed by atoms with Gasteiger partial charge in [-0.1, -0.05) is 11.6 Å². The van der Waals surface area contributed by atoms with Crippen molar-refractivity contribution in [3.63, 3.8) is 0 Å². The second-order valence-electron chi connectivity index (χ2n) is 3.07. The van der Waals surface area contributed by atoms with Crippen LogP contribution in [0.5, 0.6) is 0 Å². The third-order valence-electron chi connectivity index (χ3n) is 1.81. The largest absolute Gasteiger partial charge is 0.466 e. The number of carbonyl (C=O) groups excluding carboxylic acids is 1. The van der Waals surface area contributed by atoms with Crippen LogP contribution in [-0.4, -0.2) is 27.0 Å². The van der Waals surface area contributed by atoms with Crippen molar-refractivity contribution < 1.29 is 24.0 Å². The van der Waals surface area contributed by atoms with Crippen molar-refractivity contribution in [1.29, 1.82) is 0 Å². The quantitative estimate of drug-likeness (QED) is 0.535. The van der Waals surface area contributed by atoms with Gasteiger partial charge in [-0.05, 0) is 28.1 Å². The minimum atomic E-state index is -4.64. The molecule has 0 bridgehead atoms. The Morgan fingerprint density at radius 2 is 1.88 bits per heavy atom. The van der Waals surface area contributed by atoms with Crippen molar-refractivity contribution in [1.82, 2.24) is 0 Å². The molecule has 2 rings (SSSR count). The molecular formula is C8H8BrClNO5P. The number of ketones is 1. The molecule has 0 aliphatic carbocycles. The number of Topliss-reactive ketones (excluding diaryl/α,β-unsaturated/α-hetero) is 1. The summed E-state index contributed by atoms with van der Waals surface area (Å²) in [5.74, 6) is 0.0521. The Hall–Kier alpha value is -0.430. The zero-order chi connectivity index (χ0) is 13.2. The average Bonchev–Trinajstić information content (AvgIpc) is 2.52. The zero-order valence-corrected chi connectivity index (χ0v) is 11.5. The average molecular weight is 344 g/mol. The third kappa shape index (κ3) is 4.39. The summed E-state index contributed by atoms with van der Waals surface area (Å²) in [6.45, 7) is 0.353. The van der Waals surface area contributed by atoms with Gasteiger partial charge in [-0.15, -0.1) is 0 Å². The van der Waals surface area contributed by atoms with E-state index >= 15 is 0 Å². The van der Waals surface area contributed by atoms with Gasteiger partial charge >= 0.3 is 7.82 Å². The van der Waals surface area contributed by atoms with Gasteiger partial charge in [0.05, 0.1) is 17.1 Å². The van der Waals surface area contributed by atoms with E-state index in [2.05, 4.69) is 21.2 Å². The number of hydrogen-bond acceptors (Lipinski definition) is 3. The molecule has 1 aliphatic heterocycles. The molecule has 1 aromatic rings. The predicted molar refractivity (Wildman–Crippen MR) is 66.2 cm³/mol. The number of carbonyl (C=O) groups is 1. The van der Waals surface area contributed by atoms with Crippen LogP contribution in [0.3, 0.4) is 0 Å². The lowest BCUT2D eigenvalue weighted by Crippen LogP contribution is -2.01. The molecule has 0 atom stereocenters. The van der Waals surface area contributed by atoms with E-state index in [0.717, 1.165) is 10.2 Å². The van der Waals surface area contributed by atoms with Gasteiger partial charge in [0.1, 0.15) is 0 Å². The second kappa shape index (κ2) is 5.48. The van der Waals surface area contributed by atoms with Gasteiger partial charge in [-0.2, -0.15) is 0 Å². The Balaban J connectivity index is 0.000000249. The van der Waals surface area contributed by atoms with Crippen LogP contribution >= 0.6 is 35.4 Å². The highest BCUT2D eigenvalue weighted by atomic mass is 79.9. The monoisotopic (exact) mass is 343 g/mol. The number of anilines is 1. The van der Waals surface area contributed by atoms with Gasteiger partial charge in [0.25, 0.3) is 0 Å². The van der Waals surface area contributed by atoms with Crippen molar-refractivity contribution in [2.24, 2.45) is 0 Å². The number of phosphoric acid groups is 1. The van der Waals surface area contributed by atoms with Crippen molar-refractivity contribution in [3.05, 3.63) is 27.2 Å². The number of fused-ring (bicyclic) bond motifs is 1. The molecule has 6 nitrogen and oxygen atoms in total. The highest BCUT2D eigenvalue weighted by Gasteiger charge is 2.22. The van der Waals surface area contributed by atoms with Gasteiger partial charge in [0.2, 0.25) is 0 Å². The number of benzene rings is 1. The zero-order valence-electron chi connectivity index (χ0n) is 8.22. The van der Waals surface area contributed by atoms with Crippen LogP contribution in [0, 0.1) is 0 Å². The predicted octanol–water partition coefficient (Wildman–Crippen LogP) is 1.78. The molecule has 0 amide bonds. The first-order valence-corrected chi connectivity index (χ1v) is 6.97. The molecule has 94 valence electrons. The summed E-state index contributed by atoms with van der Waals surface area (Å²) < 4.78 is 9.65. The van der Waals surface area contributed by atoms with E-state index in [1.807, 2.05) is 12.1 Å². The maximum Gasteiger partial charge on any atom is 0.466 e. The van der Waals surface area contributed by atoms with Gasteiger partial charge in [-0.25, -0.2) is 4.57 Å². The molecule has 9 heteroatoms. The molecule has 0 saturated heterocycles. The van der Waals surface area contributed by atoms with Crippen LogP contribution in [0.1, 0.15) is 10.4 Å². The highest BCUT2D eigenvalue weighted by molar-refractivity contribution is 9.10. The summed E-state index contributed by atoms with van der Waals surface area (Å²) in [6, 6.07) is 3.67. The second-order valence-corrected chi connectivity index (χ2v) is 5.33. The van der Waals surface area contributed by atoms with Crippen LogP contribution in [0.25, 0.3) is 0 Å². The van der Waals surface area contributed by atoms with Crippen molar-refractivity contribution >= 4 is 46.8 Å². The minimum absolute atomic E-state index is 0.0521. The summed E-state index contributed by atoms with van der Waals surface area (Å²) >= 11 is 9.19. The molecule has 0 aromatic heterocycles. The Kier molecular flexibility index (Phi) is 4.71. The summed E-state index contributed by atoms with van der Waals surface area (Å²) in [5.41, 5.74) is 1.43. The lowest BCUT2D eigenvalue weighted by Gasteiger charge is -2.01. The van der Waals surface area contributed by atoms with Crippen LogP contribution in [0.4, 0.5) is 5.69 Å². The van der Waals surface area contributed by atoms with Gasteiger partial charge in [-0.3, -0.25) is 4.79 Å². The molecule has 1 aliphatic rings.